The van der Waals surface area contributed by atoms with Gasteiger partial charge in [-0.2, -0.15) is 0 Å². The van der Waals surface area contributed by atoms with Gasteiger partial charge in [-0.15, -0.1) is 0 Å². The van der Waals surface area contributed by atoms with Crippen LogP contribution in [0.4, 0.5) is 0 Å². The maximum atomic E-state index is 11.8. The molecule has 1 aliphatic heterocycles. The highest BCUT2D eigenvalue weighted by molar-refractivity contribution is 7.80. The molecule has 0 aliphatic carbocycles. The number of amides is 2. The first-order valence-electron chi connectivity index (χ1n) is 5.80. The Bertz CT molecular complexity index is 320. The van der Waals surface area contributed by atoms with Gasteiger partial charge in [0.15, 0.2) is 0 Å². The number of nitrogens with two attached hydrogens (primary N) is 1. The van der Waals surface area contributed by atoms with E-state index >= 15 is 0 Å². The first-order valence-corrected chi connectivity index (χ1v) is 6.21. The summed E-state index contributed by atoms with van der Waals surface area (Å²) in [5, 5.41) is 0. The van der Waals surface area contributed by atoms with Crippen LogP contribution in [0.15, 0.2) is 0 Å². The fourth-order valence-corrected chi connectivity index (χ4v) is 1.81. The second-order valence-corrected chi connectivity index (χ2v) is 4.83. The fourth-order valence-electron chi connectivity index (χ4n) is 1.72. The fraction of sp³-hybridized carbons (Fsp3) is 0.727. The number of hydrogen-bond donors (Lipinski definition) is 1. The Labute approximate surface area is 107 Å². The first-order chi connectivity index (χ1) is 8.00. The third-order valence-electron chi connectivity index (χ3n) is 2.87. The number of rotatable bonds is 5. The normalized spacial score (nSPS) is 15.8. The molecule has 1 saturated heterocycles. The summed E-state index contributed by atoms with van der Waals surface area (Å²) in [4.78, 5) is 27.0. The maximum absolute atomic E-state index is 11.8. The molecule has 1 fully saturated rings. The molecular weight excluding hydrogens is 238 g/mol. The zero-order valence-corrected chi connectivity index (χ0v) is 11.0. The van der Waals surface area contributed by atoms with Crippen molar-refractivity contribution >= 4 is 29.0 Å². The standard InChI is InChI=1S/C11H19N3O2S/c1-13(7-5-9(12)17)11(16)8-14-6-3-2-4-10(14)15/h2-8H2,1H3,(H2,12,17). The van der Waals surface area contributed by atoms with Crippen LogP contribution < -0.4 is 5.73 Å². The lowest BCUT2D eigenvalue weighted by molar-refractivity contribution is -0.141. The summed E-state index contributed by atoms with van der Waals surface area (Å²) in [6, 6.07) is 0. The van der Waals surface area contributed by atoms with E-state index in [1.165, 1.54) is 0 Å². The molecule has 0 bridgehead atoms. The van der Waals surface area contributed by atoms with Crippen LogP contribution in [0.25, 0.3) is 0 Å². The summed E-state index contributed by atoms with van der Waals surface area (Å²) in [6.45, 7) is 1.37. The Kier molecular flexibility index (Phi) is 5.34. The van der Waals surface area contributed by atoms with Gasteiger partial charge in [0.25, 0.3) is 0 Å². The van der Waals surface area contributed by atoms with E-state index in [4.69, 9.17) is 18.0 Å². The van der Waals surface area contributed by atoms with Gasteiger partial charge in [-0.1, -0.05) is 12.2 Å². The zero-order chi connectivity index (χ0) is 12.8. The number of nitrogens with zero attached hydrogens (tertiary/aromatic N) is 2. The number of carbonyl (C=O) groups excluding carboxylic acids is 2. The molecular formula is C11H19N3O2S. The van der Waals surface area contributed by atoms with Gasteiger partial charge in [0, 0.05) is 33.0 Å². The molecule has 0 aromatic carbocycles. The molecule has 0 spiro atoms. The van der Waals surface area contributed by atoms with Crippen molar-refractivity contribution in [2.75, 3.05) is 26.7 Å². The third-order valence-corrected chi connectivity index (χ3v) is 3.07. The second-order valence-electron chi connectivity index (χ2n) is 4.30. The predicted molar refractivity (Wildman–Crippen MR) is 69.5 cm³/mol. The van der Waals surface area contributed by atoms with Gasteiger partial charge in [0.2, 0.25) is 11.8 Å². The molecule has 0 atom stereocenters. The minimum atomic E-state index is -0.0588. The molecule has 2 amide bonds. The van der Waals surface area contributed by atoms with Crippen LogP contribution in [0, 0.1) is 0 Å². The first kappa shape index (κ1) is 13.9. The van der Waals surface area contributed by atoms with Crippen molar-refractivity contribution in [2.45, 2.75) is 25.7 Å². The number of likely N-dealkylation sites (tertiary alicyclic amines) is 1. The molecule has 2 N–H and O–H groups in total. The Morgan fingerprint density at radius 2 is 2.24 bits per heavy atom. The highest BCUT2D eigenvalue weighted by Crippen LogP contribution is 2.10. The third kappa shape index (κ3) is 4.68. The number of carbonyl (C=O) groups is 2. The van der Waals surface area contributed by atoms with Crippen molar-refractivity contribution < 1.29 is 9.59 Å². The van der Waals surface area contributed by atoms with Crippen molar-refractivity contribution in [3.8, 4) is 0 Å². The van der Waals surface area contributed by atoms with Crippen LogP contribution in [0.1, 0.15) is 25.7 Å². The second kappa shape index (κ2) is 6.54. The number of piperidine rings is 1. The summed E-state index contributed by atoms with van der Waals surface area (Å²) in [5.41, 5.74) is 5.38. The van der Waals surface area contributed by atoms with Crippen molar-refractivity contribution in [1.29, 1.82) is 0 Å². The quantitative estimate of drug-likeness (QED) is 0.711. The van der Waals surface area contributed by atoms with Crippen molar-refractivity contribution in [3.05, 3.63) is 0 Å². The minimum Gasteiger partial charge on any atom is -0.393 e. The molecule has 0 aromatic rings. The highest BCUT2D eigenvalue weighted by atomic mass is 32.1. The van der Waals surface area contributed by atoms with Gasteiger partial charge in [-0.25, -0.2) is 0 Å². The van der Waals surface area contributed by atoms with Crippen LogP contribution in [0.2, 0.25) is 0 Å². The average Bonchev–Trinajstić information content (AvgIpc) is 2.28. The van der Waals surface area contributed by atoms with Gasteiger partial charge in [0.1, 0.15) is 0 Å². The van der Waals surface area contributed by atoms with Gasteiger partial charge >= 0.3 is 0 Å². The van der Waals surface area contributed by atoms with Crippen LogP contribution >= 0.6 is 12.2 Å². The van der Waals surface area contributed by atoms with Gasteiger partial charge < -0.3 is 15.5 Å². The molecule has 1 rings (SSSR count). The van der Waals surface area contributed by atoms with E-state index in [-0.39, 0.29) is 18.4 Å². The number of hydrogen-bond acceptors (Lipinski definition) is 3. The topological polar surface area (TPSA) is 66.6 Å². The number of likely N-dealkylation sites (N-methyl/N-ethyl adjacent to an activating group) is 1. The van der Waals surface area contributed by atoms with E-state index in [1.807, 2.05) is 0 Å². The molecule has 0 saturated carbocycles. The van der Waals surface area contributed by atoms with E-state index in [1.54, 1.807) is 16.8 Å². The molecule has 0 unspecified atom stereocenters. The zero-order valence-electron chi connectivity index (χ0n) is 10.1. The number of thiocarbonyl (C=S) groups is 1. The molecule has 1 aliphatic rings. The Morgan fingerprint density at radius 3 is 2.82 bits per heavy atom. The van der Waals surface area contributed by atoms with Crippen LogP contribution in [-0.4, -0.2) is 53.3 Å². The largest absolute Gasteiger partial charge is 0.393 e. The molecule has 5 nitrogen and oxygen atoms in total. The van der Waals surface area contributed by atoms with Gasteiger partial charge in [-0.05, 0) is 12.8 Å². The molecule has 96 valence electrons. The Morgan fingerprint density at radius 1 is 1.53 bits per heavy atom. The van der Waals surface area contributed by atoms with Gasteiger partial charge in [-0.3, -0.25) is 9.59 Å². The summed E-state index contributed by atoms with van der Waals surface area (Å²) >= 11 is 4.76. The van der Waals surface area contributed by atoms with Crippen molar-refractivity contribution in [3.63, 3.8) is 0 Å². The monoisotopic (exact) mass is 257 g/mol. The van der Waals surface area contributed by atoms with Crippen molar-refractivity contribution in [1.82, 2.24) is 9.80 Å². The summed E-state index contributed by atoms with van der Waals surface area (Å²) in [6.07, 6.45) is 2.99. The van der Waals surface area contributed by atoms with E-state index in [0.717, 1.165) is 12.8 Å². The summed E-state index contributed by atoms with van der Waals surface area (Å²) in [5.74, 6) is 0.0174. The molecule has 1 heterocycles. The lowest BCUT2D eigenvalue weighted by atomic mass is 10.1. The summed E-state index contributed by atoms with van der Waals surface area (Å²) in [7, 11) is 1.70. The summed E-state index contributed by atoms with van der Waals surface area (Å²) < 4.78 is 0. The van der Waals surface area contributed by atoms with E-state index in [9.17, 15) is 9.59 Å². The van der Waals surface area contributed by atoms with E-state index in [0.29, 0.717) is 30.9 Å². The van der Waals surface area contributed by atoms with Crippen LogP contribution in [0.3, 0.4) is 0 Å². The van der Waals surface area contributed by atoms with Crippen LogP contribution in [-0.2, 0) is 9.59 Å². The average molecular weight is 257 g/mol. The van der Waals surface area contributed by atoms with E-state index < -0.39 is 0 Å². The molecule has 0 radical (unpaired) electrons. The van der Waals surface area contributed by atoms with Crippen LogP contribution in [0.5, 0.6) is 0 Å². The van der Waals surface area contributed by atoms with E-state index in [2.05, 4.69) is 0 Å². The highest BCUT2D eigenvalue weighted by Gasteiger charge is 2.21. The Balaban J connectivity index is 2.36. The molecule has 17 heavy (non-hydrogen) atoms. The molecule has 0 aromatic heterocycles. The van der Waals surface area contributed by atoms with Crippen molar-refractivity contribution in [2.24, 2.45) is 5.73 Å². The predicted octanol–water partition coefficient (Wildman–Crippen LogP) is 0.134. The lowest BCUT2D eigenvalue weighted by Crippen LogP contribution is -2.44. The van der Waals surface area contributed by atoms with Gasteiger partial charge in [0.05, 0.1) is 11.5 Å². The maximum Gasteiger partial charge on any atom is 0.241 e. The SMILES string of the molecule is CN(CCC(N)=S)C(=O)CN1CCCCC1=O. The lowest BCUT2D eigenvalue weighted by Gasteiger charge is -2.28. The molecule has 6 heteroatoms. The Hall–Kier alpha value is -1.17. The minimum absolute atomic E-state index is 0.0588. The smallest absolute Gasteiger partial charge is 0.241 e.